The summed E-state index contributed by atoms with van der Waals surface area (Å²) in [6.07, 6.45) is 0.269. The smallest absolute Gasteiger partial charge is 0.237 e. The maximum Gasteiger partial charge on any atom is 0.237 e. The largest absolute Gasteiger partial charge is 0.324 e. The number of hydrogen-bond donors (Lipinski definition) is 1. The van der Waals surface area contributed by atoms with Gasteiger partial charge in [-0.3, -0.25) is 9.59 Å². The van der Waals surface area contributed by atoms with Crippen LogP contribution in [0.4, 0.5) is 11.4 Å². The van der Waals surface area contributed by atoms with E-state index in [-0.39, 0.29) is 30.0 Å². The van der Waals surface area contributed by atoms with E-state index in [4.69, 9.17) is 11.6 Å². The highest BCUT2D eigenvalue weighted by atomic mass is 35.5. The molecule has 0 unspecified atom stereocenters. The number of rotatable bonds is 3. The van der Waals surface area contributed by atoms with Crippen molar-refractivity contribution < 1.29 is 9.59 Å². The summed E-state index contributed by atoms with van der Waals surface area (Å²) in [5, 5.41) is 3.52. The van der Waals surface area contributed by atoms with Gasteiger partial charge >= 0.3 is 0 Å². The van der Waals surface area contributed by atoms with Crippen molar-refractivity contribution in [2.45, 2.75) is 23.7 Å². The third-order valence-corrected chi connectivity index (χ3v) is 6.68. The van der Waals surface area contributed by atoms with E-state index in [0.717, 1.165) is 20.2 Å². The predicted octanol–water partition coefficient (Wildman–Crippen LogP) is 4.81. The summed E-state index contributed by atoms with van der Waals surface area (Å²) in [4.78, 5) is 31.3. The number of amides is 2. The number of carbonyl (C=O) groups excluding carboxylic acids is 2. The Morgan fingerprint density at radius 3 is 3.04 bits per heavy atom. The van der Waals surface area contributed by atoms with E-state index in [2.05, 4.69) is 10.3 Å². The number of halogens is 1. The van der Waals surface area contributed by atoms with Gasteiger partial charge in [0.1, 0.15) is 0 Å². The van der Waals surface area contributed by atoms with Crippen LogP contribution in [0.15, 0.2) is 46.8 Å². The van der Waals surface area contributed by atoms with Gasteiger partial charge in [0.2, 0.25) is 11.8 Å². The lowest BCUT2D eigenvalue weighted by Gasteiger charge is -2.27. The molecule has 1 aliphatic rings. The fraction of sp³-hybridized carbons (Fsp3) is 0.211. The topological polar surface area (TPSA) is 62.3 Å². The first kappa shape index (κ1) is 18.3. The van der Waals surface area contributed by atoms with Crippen molar-refractivity contribution >= 4 is 68.1 Å². The monoisotopic (exact) mass is 417 g/mol. The van der Waals surface area contributed by atoms with Crippen LogP contribution >= 0.6 is 34.7 Å². The molecule has 27 heavy (non-hydrogen) atoms. The molecule has 3 aromatic rings. The molecule has 1 N–H and O–H groups in total. The van der Waals surface area contributed by atoms with Crippen molar-refractivity contribution in [2.24, 2.45) is 0 Å². The summed E-state index contributed by atoms with van der Waals surface area (Å²) in [7, 11) is 0. The second-order valence-corrected chi connectivity index (χ2v) is 8.95. The SMILES string of the molecule is C[C@@H]1CC(=O)Nc2ccccc2N1C(=O)CSc1nc2cc(Cl)ccc2s1. The molecule has 5 nitrogen and oxygen atoms in total. The first-order chi connectivity index (χ1) is 13.0. The van der Waals surface area contributed by atoms with E-state index in [0.29, 0.717) is 10.7 Å². The average Bonchev–Trinajstić information content (AvgIpc) is 2.97. The molecular formula is C19H16ClN3O2S2. The van der Waals surface area contributed by atoms with Crippen LogP contribution in [0, 0.1) is 0 Å². The Bertz CT molecular complexity index is 1040. The Morgan fingerprint density at radius 1 is 1.37 bits per heavy atom. The highest BCUT2D eigenvalue weighted by Gasteiger charge is 2.29. The molecule has 0 fully saturated rings. The standard InChI is InChI=1S/C19H16ClN3O2S2/c1-11-8-17(24)21-13-4-2-3-5-15(13)23(11)18(25)10-26-19-22-14-9-12(20)6-7-16(14)27-19/h2-7,9,11H,8,10H2,1H3,(H,21,24)/t11-/m1/s1. The van der Waals surface area contributed by atoms with E-state index in [9.17, 15) is 9.59 Å². The van der Waals surface area contributed by atoms with Crippen molar-refractivity contribution in [3.05, 3.63) is 47.5 Å². The Kier molecular flexibility index (Phi) is 5.08. The minimum atomic E-state index is -0.212. The molecule has 0 saturated heterocycles. The minimum Gasteiger partial charge on any atom is -0.324 e. The molecule has 1 aliphatic heterocycles. The number of para-hydroxylation sites is 2. The number of hydrogen-bond acceptors (Lipinski definition) is 5. The van der Waals surface area contributed by atoms with Gasteiger partial charge in [0.25, 0.3) is 0 Å². The molecule has 0 bridgehead atoms. The van der Waals surface area contributed by atoms with Crippen molar-refractivity contribution in [3.63, 3.8) is 0 Å². The van der Waals surface area contributed by atoms with E-state index in [1.165, 1.54) is 11.8 Å². The van der Waals surface area contributed by atoms with Crippen molar-refractivity contribution in [2.75, 3.05) is 16.0 Å². The number of anilines is 2. The zero-order chi connectivity index (χ0) is 19.0. The van der Waals surface area contributed by atoms with Gasteiger partial charge in [0.15, 0.2) is 4.34 Å². The number of thioether (sulfide) groups is 1. The van der Waals surface area contributed by atoms with Gasteiger partial charge in [-0.2, -0.15) is 0 Å². The number of aromatic nitrogens is 1. The second-order valence-electron chi connectivity index (χ2n) is 6.26. The first-order valence-corrected chi connectivity index (χ1v) is 10.6. The lowest BCUT2D eigenvalue weighted by atomic mass is 10.2. The molecule has 0 spiro atoms. The normalized spacial score (nSPS) is 16.7. The van der Waals surface area contributed by atoms with E-state index in [1.807, 2.05) is 49.4 Å². The third kappa shape index (κ3) is 3.81. The molecule has 8 heteroatoms. The molecule has 2 aromatic carbocycles. The summed E-state index contributed by atoms with van der Waals surface area (Å²) >= 11 is 8.96. The number of fused-ring (bicyclic) bond motifs is 2. The lowest BCUT2D eigenvalue weighted by Crippen LogP contribution is -2.40. The zero-order valence-electron chi connectivity index (χ0n) is 14.4. The van der Waals surface area contributed by atoms with Gasteiger partial charge < -0.3 is 10.2 Å². The summed E-state index contributed by atoms with van der Waals surface area (Å²) in [6.45, 7) is 1.89. The van der Waals surface area contributed by atoms with Crippen LogP contribution in [0.1, 0.15) is 13.3 Å². The van der Waals surface area contributed by atoms with Crippen LogP contribution in [0.2, 0.25) is 5.02 Å². The summed E-state index contributed by atoms with van der Waals surface area (Å²) in [5.41, 5.74) is 2.24. The molecule has 2 amide bonds. The summed E-state index contributed by atoms with van der Waals surface area (Å²) in [6, 6.07) is 12.8. The molecular weight excluding hydrogens is 402 g/mol. The van der Waals surface area contributed by atoms with Crippen LogP contribution < -0.4 is 10.2 Å². The molecule has 1 aromatic heterocycles. The van der Waals surface area contributed by atoms with E-state index in [1.54, 1.807) is 16.2 Å². The maximum absolute atomic E-state index is 13.0. The van der Waals surface area contributed by atoms with Crippen molar-refractivity contribution in [1.29, 1.82) is 0 Å². The Hall–Kier alpha value is -2.09. The first-order valence-electron chi connectivity index (χ1n) is 8.41. The van der Waals surface area contributed by atoms with Gasteiger partial charge in [0, 0.05) is 17.5 Å². The van der Waals surface area contributed by atoms with Gasteiger partial charge in [-0.1, -0.05) is 35.5 Å². The molecule has 138 valence electrons. The van der Waals surface area contributed by atoms with Crippen molar-refractivity contribution in [3.8, 4) is 0 Å². The highest BCUT2D eigenvalue weighted by Crippen LogP contribution is 2.34. The number of nitrogens with one attached hydrogen (secondary N) is 1. The number of carbonyl (C=O) groups is 2. The Morgan fingerprint density at radius 2 is 2.19 bits per heavy atom. The van der Waals surface area contributed by atoms with Gasteiger partial charge in [-0.15, -0.1) is 11.3 Å². The van der Waals surface area contributed by atoms with E-state index >= 15 is 0 Å². The number of thiazole rings is 1. The van der Waals surface area contributed by atoms with Crippen LogP contribution in [-0.2, 0) is 9.59 Å². The van der Waals surface area contributed by atoms with Crippen LogP contribution in [0.5, 0.6) is 0 Å². The third-order valence-electron chi connectivity index (χ3n) is 4.28. The zero-order valence-corrected chi connectivity index (χ0v) is 16.8. The molecule has 1 atom stereocenters. The summed E-state index contributed by atoms with van der Waals surface area (Å²) in [5.74, 6) is 0.121. The quantitative estimate of drug-likeness (QED) is 0.621. The molecule has 4 rings (SSSR count). The minimum absolute atomic E-state index is 0.0475. The lowest BCUT2D eigenvalue weighted by molar-refractivity contribution is -0.117. The van der Waals surface area contributed by atoms with Crippen molar-refractivity contribution in [1.82, 2.24) is 4.98 Å². The average molecular weight is 418 g/mol. The van der Waals surface area contributed by atoms with Crippen LogP contribution in [-0.4, -0.2) is 28.6 Å². The Balaban J connectivity index is 1.55. The summed E-state index contributed by atoms with van der Waals surface area (Å²) < 4.78 is 1.86. The molecule has 0 aliphatic carbocycles. The molecule has 0 saturated carbocycles. The number of nitrogens with zero attached hydrogens (tertiary/aromatic N) is 2. The van der Waals surface area contributed by atoms with E-state index < -0.39 is 0 Å². The van der Waals surface area contributed by atoms with Gasteiger partial charge in [0.05, 0.1) is 27.3 Å². The fourth-order valence-electron chi connectivity index (χ4n) is 3.10. The molecule has 2 heterocycles. The van der Waals surface area contributed by atoms with Gasteiger partial charge in [-0.25, -0.2) is 4.98 Å². The van der Waals surface area contributed by atoms with Gasteiger partial charge in [-0.05, 0) is 37.3 Å². The highest BCUT2D eigenvalue weighted by molar-refractivity contribution is 8.01. The van der Waals surface area contributed by atoms with Crippen LogP contribution in [0.25, 0.3) is 10.2 Å². The number of benzene rings is 2. The fourth-order valence-corrected chi connectivity index (χ4v) is 5.18. The maximum atomic E-state index is 13.0. The van der Waals surface area contributed by atoms with Crippen LogP contribution in [0.3, 0.4) is 0 Å². The predicted molar refractivity (Wildman–Crippen MR) is 112 cm³/mol. The molecule has 0 radical (unpaired) electrons. The Labute approximate surface area is 169 Å². The second kappa shape index (κ2) is 7.50.